The highest BCUT2D eigenvalue weighted by Crippen LogP contribution is 2.28. The van der Waals surface area contributed by atoms with Crippen molar-refractivity contribution < 1.29 is 18.7 Å². The largest absolute Gasteiger partial charge is 0.480 e. The molecular weight excluding hydrogens is 276 g/mol. The standard InChI is InChI=1S/C16H21F2NO2/c1-2-3-15(16(20)21)19-9-10-4-5-11-7-12(17)8-14(18)13(11)6-10/h7-8,10,15,19H,2-6,9H2,1H3,(H,20,21). The Balaban J connectivity index is 1.97. The molecule has 0 saturated heterocycles. The fourth-order valence-electron chi connectivity index (χ4n) is 2.94. The summed E-state index contributed by atoms with van der Waals surface area (Å²) in [6.07, 6.45) is 3.37. The van der Waals surface area contributed by atoms with Crippen molar-refractivity contribution >= 4 is 5.97 Å². The number of carbonyl (C=O) groups is 1. The molecule has 1 aromatic carbocycles. The van der Waals surface area contributed by atoms with E-state index in [1.165, 1.54) is 6.07 Å². The van der Waals surface area contributed by atoms with E-state index in [1.54, 1.807) is 0 Å². The predicted octanol–water partition coefficient (Wildman–Crippen LogP) is 2.91. The summed E-state index contributed by atoms with van der Waals surface area (Å²) in [5.74, 6) is -1.67. The summed E-state index contributed by atoms with van der Waals surface area (Å²) >= 11 is 0. The Morgan fingerprint density at radius 3 is 2.90 bits per heavy atom. The van der Waals surface area contributed by atoms with E-state index in [1.807, 2.05) is 6.92 Å². The third-order valence-corrected chi connectivity index (χ3v) is 4.10. The lowest BCUT2D eigenvalue weighted by atomic mass is 9.83. The molecule has 2 atom stereocenters. The monoisotopic (exact) mass is 297 g/mol. The molecule has 0 saturated carbocycles. The zero-order valence-electron chi connectivity index (χ0n) is 12.2. The van der Waals surface area contributed by atoms with Crippen molar-refractivity contribution in [3.63, 3.8) is 0 Å². The first-order valence-electron chi connectivity index (χ1n) is 7.44. The molecule has 0 amide bonds. The van der Waals surface area contributed by atoms with E-state index in [9.17, 15) is 13.6 Å². The van der Waals surface area contributed by atoms with Gasteiger partial charge in [-0.15, -0.1) is 0 Å². The Bertz CT molecular complexity index is 519. The number of halogens is 2. The molecule has 3 nitrogen and oxygen atoms in total. The van der Waals surface area contributed by atoms with Crippen molar-refractivity contribution in [2.45, 2.75) is 45.1 Å². The Kier molecular flexibility index (Phi) is 5.28. The zero-order chi connectivity index (χ0) is 15.4. The van der Waals surface area contributed by atoms with Crippen LogP contribution in [-0.2, 0) is 17.6 Å². The Morgan fingerprint density at radius 2 is 2.24 bits per heavy atom. The number of carboxylic acids is 1. The number of aliphatic carboxylic acids is 1. The summed E-state index contributed by atoms with van der Waals surface area (Å²) in [6, 6.07) is 1.78. The molecule has 0 spiro atoms. The highest BCUT2D eigenvalue weighted by molar-refractivity contribution is 5.73. The van der Waals surface area contributed by atoms with Crippen LogP contribution >= 0.6 is 0 Å². The lowest BCUT2D eigenvalue weighted by Gasteiger charge is -2.26. The van der Waals surface area contributed by atoms with E-state index in [2.05, 4.69) is 5.32 Å². The minimum absolute atomic E-state index is 0.191. The highest BCUT2D eigenvalue weighted by atomic mass is 19.1. The Labute approximate surface area is 123 Å². The number of nitrogens with one attached hydrogen (secondary N) is 1. The van der Waals surface area contributed by atoms with Gasteiger partial charge in [-0.3, -0.25) is 4.79 Å². The molecule has 2 N–H and O–H groups in total. The van der Waals surface area contributed by atoms with Gasteiger partial charge in [0, 0.05) is 6.07 Å². The van der Waals surface area contributed by atoms with E-state index < -0.39 is 23.6 Å². The second-order valence-corrected chi connectivity index (χ2v) is 5.72. The number of carboxylic acid groups (broad SMARTS) is 1. The van der Waals surface area contributed by atoms with Gasteiger partial charge in [-0.2, -0.15) is 0 Å². The SMILES string of the molecule is CCCC(NCC1CCc2cc(F)cc(F)c2C1)C(=O)O. The lowest BCUT2D eigenvalue weighted by molar-refractivity contribution is -0.139. The summed E-state index contributed by atoms with van der Waals surface area (Å²) in [7, 11) is 0. The van der Waals surface area contributed by atoms with E-state index in [4.69, 9.17) is 5.11 Å². The van der Waals surface area contributed by atoms with E-state index in [0.29, 0.717) is 31.4 Å². The topological polar surface area (TPSA) is 49.3 Å². The summed E-state index contributed by atoms with van der Waals surface area (Å²) in [4.78, 5) is 11.1. The maximum absolute atomic E-state index is 13.8. The summed E-state index contributed by atoms with van der Waals surface area (Å²) in [5, 5.41) is 12.2. The van der Waals surface area contributed by atoms with Crippen molar-refractivity contribution in [3.05, 3.63) is 34.9 Å². The van der Waals surface area contributed by atoms with Crippen molar-refractivity contribution in [2.24, 2.45) is 5.92 Å². The van der Waals surface area contributed by atoms with Crippen LogP contribution in [0.2, 0.25) is 0 Å². The first kappa shape index (κ1) is 15.9. The number of aryl methyl sites for hydroxylation is 1. The van der Waals surface area contributed by atoms with Gasteiger partial charge in [-0.25, -0.2) is 8.78 Å². The number of hydrogen-bond acceptors (Lipinski definition) is 2. The van der Waals surface area contributed by atoms with Gasteiger partial charge in [0.25, 0.3) is 0 Å². The molecule has 0 bridgehead atoms. The number of fused-ring (bicyclic) bond motifs is 1. The maximum atomic E-state index is 13.8. The van der Waals surface area contributed by atoms with Gasteiger partial charge in [-0.1, -0.05) is 13.3 Å². The Morgan fingerprint density at radius 1 is 1.48 bits per heavy atom. The third-order valence-electron chi connectivity index (χ3n) is 4.10. The fraction of sp³-hybridized carbons (Fsp3) is 0.562. The van der Waals surface area contributed by atoms with Gasteiger partial charge in [0.1, 0.15) is 17.7 Å². The third kappa shape index (κ3) is 4.00. The molecule has 1 aliphatic rings. The summed E-state index contributed by atoms with van der Waals surface area (Å²) < 4.78 is 27.0. The highest BCUT2D eigenvalue weighted by Gasteiger charge is 2.24. The molecule has 1 aliphatic carbocycles. The predicted molar refractivity (Wildman–Crippen MR) is 76.2 cm³/mol. The first-order chi connectivity index (χ1) is 10.0. The fourth-order valence-corrected chi connectivity index (χ4v) is 2.94. The van der Waals surface area contributed by atoms with E-state index in [-0.39, 0.29) is 5.92 Å². The molecule has 2 unspecified atom stereocenters. The van der Waals surface area contributed by atoms with Crippen LogP contribution in [0.3, 0.4) is 0 Å². The molecule has 116 valence electrons. The van der Waals surface area contributed by atoms with Gasteiger partial charge in [-0.05, 0) is 55.3 Å². The quantitative estimate of drug-likeness (QED) is 0.849. The van der Waals surface area contributed by atoms with Gasteiger partial charge < -0.3 is 10.4 Å². The molecule has 0 fully saturated rings. The molecule has 0 heterocycles. The number of benzene rings is 1. The van der Waals surface area contributed by atoms with Crippen LogP contribution in [0.5, 0.6) is 0 Å². The van der Waals surface area contributed by atoms with Gasteiger partial charge in [0.05, 0.1) is 0 Å². The molecule has 21 heavy (non-hydrogen) atoms. The van der Waals surface area contributed by atoms with E-state index in [0.717, 1.165) is 24.5 Å². The molecule has 0 aliphatic heterocycles. The minimum Gasteiger partial charge on any atom is -0.480 e. The number of hydrogen-bond donors (Lipinski definition) is 2. The molecule has 5 heteroatoms. The molecule has 0 radical (unpaired) electrons. The Hall–Kier alpha value is -1.49. The summed E-state index contributed by atoms with van der Waals surface area (Å²) in [6.45, 7) is 2.49. The second kappa shape index (κ2) is 6.98. The molecule has 1 aromatic rings. The van der Waals surface area contributed by atoms with Crippen LogP contribution < -0.4 is 5.32 Å². The maximum Gasteiger partial charge on any atom is 0.320 e. The van der Waals surface area contributed by atoms with Gasteiger partial charge in [0.2, 0.25) is 0 Å². The van der Waals surface area contributed by atoms with Crippen molar-refractivity contribution in [1.82, 2.24) is 5.32 Å². The van der Waals surface area contributed by atoms with Gasteiger partial charge in [0.15, 0.2) is 0 Å². The molecular formula is C16H21F2NO2. The van der Waals surface area contributed by atoms with Crippen molar-refractivity contribution in [3.8, 4) is 0 Å². The van der Waals surface area contributed by atoms with Gasteiger partial charge >= 0.3 is 5.97 Å². The van der Waals surface area contributed by atoms with Crippen LogP contribution in [0.4, 0.5) is 8.78 Å². The van der Waals surface area contributed by atoms with Crippen LogP contribution in [0.15, 0.2) is 12.1 Å². The van der Waals surface area contributed by atoms with Crippen LogP contribution in [0.25, 0.3) is 0 Å². The van der Waals surface area contributed by atoms with Crippen LogP contribution in [0, 0.1) is 17.6 Å². The van der Waals surface area contributed by atoms with Crippen molar-refractivity contribution in [1.29, 1.82) is 0 Å². The average Bonchev–Trinajstić information content (AvgIpc) is 2.43. The normalized spacial score (nSPS) is 19.1. The lowest BCUT2D eigenvalue weighted by Crippen LogP contribution is -2.40. The molecule has 0 aromatic heterocycles. The zero-order valence-corrected chi connectivity index (χ0v) is 12.2. The smallest absolute Gasteiger partial charge is 0.320 e. The molecule has 2 rings (SSSR count). The second-order valence-electron chi connectivity index (χ2n) is 5.72. The first-order valence-corrected chi connectivity index (χ1v) is 7.44. The minimum atomic E-state index is -0.846. The number of rotatable bonds is 6. The van der Waals surface area contributed by atoms with E-state index >= 15 is 0 Å². The average molecular weight is 297 g/mol. The van der Waals surface area contributed by atoms with Crippen LogP contribution in [-0.4, -0.2) is 23.7 Å². The van der Waals surface area contributed by atoms with Crippen LogP contribution in [0.1, 0.15) is 37.3 Å². The summed E-state index contributed by atoms with van der Waals surface area (Å²) in [5.41, 5.74) is 1.32. The van der Waals surface area contributed by atoms with Crippen molar-refractivity contribution in [2.75, 3.05) is 6.54 Å².